The van der Waals surface area contributed by atoms with Crippen LogP contribution in [-0.2, 0) is 28.4 Å². The van der Waals surface area contributed by atoms with Gasteiger partial charge in [0.2, 0.25) is 0 Å². The highest BCUT2D eigenvalue weighted by atomic mass is 32.2. The van der Waals surface area contributed by atoms with Gasteiger partial charge in [-0.25, -0.2) is 47.4 Å². The standard InChI is InChI=1S/C10H9F3N4O2S.C10H9F3N4S.C10H9F3N4.C4H6N2/c1-6-5-8(20(2,18)19)15-9(14-6)17-4-3-7(16-17)10(11,12)13;1-6-5-8(18-2)15-9(14-6)17-4-3-7(16-17)10(11,12)13;1-6-5-7(2)15-9(14-6)17-4-3-8(16-17)10(11,12)13;1-4-2-3-5-6-4/h3-5H,1-2H3;3-5H,1-2H3;3-5H,1-2H3;2-3H,1H3,(H,5,6). The predicted octanol–water partition coefficient (Wildman–Crippen LogP) is 7.12. The molecule has 0 fully saturated rings. The van der Waals surface area contributed by atoms with Gasteiger partial charge in [0.15, 0.2) is 31.9 Å². The summed E-state index contributed by atoms with van der Waals surface area (Å²) in [6.07, 6.45) is -5.59. The van der Waals surface area contributed by atoms with Crippen LogP contribution in [0, 0.1) is 34.6 Å². The van der Waals surface area contributed by atoms with Gasteiger partial charge in [-0.2, -0.15) is 64.9 Å². The molecule has 0 spiro atoms. The average molecular weight is 905 g/mol. The van der Waals surface area contributed by atoms with Gasteiger partial charge in [-0.15, -0.1) is 11.8 Å². The Balaban J connectivity index is 0.000000188. The van der Waals surface area contributed by atoms with Crippen LogP contribution in [0.1, 0.15) is 45.6 Å². The lowest BCUT2D eigenvalue weighted by Gasteiger charge is -2.05. The maximum absolute atomic E-state index is 12.5. The van der Waals surface area contributed by atoms with E-state index in [9.17, 15) is 47.9 Å². The summed E-state index contributed by atoms with van der Waals surface area (Å²) in [4.78, 5) is 23.8. The van der Waals surface area contributed by atoms with Crippen LogP contribution in [0.15, 0.2) is 77.3 Å². The molecule has 27 heteroatoms. The summed E-state index contributed by atoms with van der Waals surface area (Å²) in [5.41, 5.74) is 0.415. The Bertz CT molecular complexity index is 2640. The van der Waals surface area contributed by atoms with Crippen molar-refractivity contribution in [1.29, 1.82) is 0 Å². The minimum Gasteiger partial charge on any atom is -0.283 e. The first-order valence-electron chi connectivity index (χ1n) is 16.9. The maximum atomic E-state index is 12.5. The van der Waals surface area contributed by atoms with Gasteiger partial charge in [-0.05, 0) is 83.3 Å². The van der Waals surface area contributed by atoms with E-state index >= 15 is 0 Å². The van der Waals surface area contributed by atoms with E-state index in [2.05, 4.69) is 55.4 Å². The van der Waals surface area contributed by atoms with Crippen LogP contribution in [0.5, 0.6) is 0 Å². The number of aryl methyl sites for hydroxylation is 5. The first kappa shape index (κ1) is 47.4. The Hall–Kier alpha value is -6.25. The van der Waals surface area contributed by atoms with Crippen molar-refractivity contribution in [3.8, 4) is 17.8 Å². The lowest BCUT2D eigenvalue weighted by Crippen LogP contribution is -2.11. The number of nitrogens with one attached hydrogen (secondary N) is 1. The summed E-state index contributed by atoms with van der Waals surface area (Å²) in [5.74, 6) is 0.0359. The number of thioether (sulfide) groups is 1. The van der Waals surface area contributed by atoms with Gasteiger partial charge in [-0.1, -0.05) is 0 Å². The van der Waals surface area contributed by atoms with Crippen molar-refractivity contribution in [2.24, 2.45) is 0 Å². The fourth-order valence-corrected chi connectivity index (χ4v) is 5.54. The van der Waals surface area contributed by atoms with Crippen LogP contribution in [0.3, 0.4) is 0 Å². The number of sulfone groups is 1. The maximum Gasteiger partial charge on any atom is 0.435 e. The van der Waals surface area contributed by atoms with Crippen LogP contribution >= 0.6 is 11.8 Å². The normalized spacial score (nSPS) is 11.8. The molecule has 0 unspecified atom stereocenters. The molecule has 0 saturated heterocycles. The van der Waals surface area contributed by atoms with Gasteiger partial charge in [0, 0.05) is 59.5 Å². The predicted molar refractivity (Wildman–Crippen MR) is 200 cm³/mol. The van der Waals surface area contributed by atoms with E-state index in [4.69, 9.17) is 0 Å². The quantitative estimate of drug-likeness (QED) is 0.104. The Morgan fingerprint density at radius 1 is 0.557 bits per heavy atom. The van der Waals surface area contributed by atoms with Crippen molar-refractivity contribution in [2.45, 2.75) is 63.2 Å². The van der Waals surface area contributed by atoms with Crippen molar-refractivity contribution in [2.75, 3.05) is 12.5 Å². The first-order chi connectivity index (χ1) is 28.2. The third kappa shape index (κ3) is 13.9. The molecule has 0 saturated carbocycles. The van der Waals surface area contributed by atoms with Crippen LogP contribution in [0.4, 0.5) is 39.5 Å². The molecule has 0 aliphatic rings. The summed E-state index contributed by atoms with van der Waals surface area (Å²) in [7, 11) is -3.59. The molecular weight excluding hydrogens is 872 g/mol. The van der Waals surface area contributed by atoms with Crippen molar-refractivity contribution in [3.05, 3.63) is 113 Å². The summed E-state index contributed by atoms with van der Waals surface area (Å²) < 4.78 is 137. The van der Waals surface area contributed by atoms with E-state index in [1.54, 1.807) is 39.1 Å². The molecule has 7 rings (SSSR count). The second-order valence-corrected chi connectivity index (χ2v) is 15.2. The number of hydrogen-bond donors (Lipinski definition) is 1. The fraction of sp³-hybridized carbons (Fsp3) is 0.294. The molecule has 0 atom stereocenters. The largest absolute Gasteiger partial charge is 0.435 e. The van der Waals surface area contributed by atoms with Crippen LogP contribution < -0.4 is 0 Å². The third-order valence-electron chi connectivity index (χ3n) is 7.09. The van der Waals surface area contributed by atoms with Crippen LogP contribution in [-0.4, -0.2) is 90.4 Å². The number of alkyl halides is 9. The Morgan fingerprint density at radius 3 is 1.25 bits per heavy atom. The van der Waals surface area contributed by atoms with Crippen molar-refractivity contribution in [1.82, 2.24) is 69.4 Å². The highest BCUT2D eigenvalue weighted by Crippen LogP contribution is 2.29. The Labute approximate surface area is 344 Å². The molecule has 326 valence electrons. The molecule has 7 aromatic heterocycles. The molecule has 16 nitrogen and oxygen atoms in total. The summed E-state index contributed by atoms with van der Waals surface area (Å²) in [6, 6.07) is 9.17. The number of aromatic amines is 1. The van der Waals surface area contributed by atoms with Gasteiger partial charge < -0.3 is 0 Å². The fourth-order valence-electron chi connectivity index (χ4n) is 4.44. The first-order valence-corrected chi connectivity index (χ1v) is 20.0. The highest BCUT2D eigenvalue weighted by molar-refractivity contribution is 7.98. The molecule has 1 N–H and O–H groups in total. The number of nitrogens with zero attached hydrogens (tertiary/aromatic N) is 13. The van der Waals surface area contributed by atoms with Gasteiger partial charge in [0.1, 0.15) is 5.03 Å². The zero-order valence-electron chi connectivity index (χ0n) is 32.7. The van der Waals surface area contributed by atoms with Gasteiger partial charge in [0.25, 0.3) is 17.8 Å². The minimum absolute atomic E-state index is 0.134. The second-order valence-electron chi connectivity index (χ2n) is 12.4. The van der Waals surface area contributed by atoms with Gasteiger partial charge in [-0.3, -0.25) is 5.10 Å². The molecule has 0 aromatic carbocycles. The van der Waals surface area contributed by atoms with E-state index in [1.165, 1.54) is 37.1 Å². The number of H-pyrrole nitrogens is 1. The van der Waals surface area contributed by atoms with E-state index in [-0.39, 0.29) is 22.9 Å². The van der Waals surface area contributed by atoms with Crippen molar-refractivity contribution < 1.29 is 47.9 Å². The summed E-state index contributed by atoms with van der Waals surface area (Å²) in [6.45, 7) is 8.71. The van der Waals surface area contributed by atoms with Crippen LogP contribution in [0.2, 0.25) is 0 Å². The topological polar surface area (TPSA) is 194 Å². The zero-order valence-corrected chi connectivity index (χ0v) is 34.3. The molecule has 0 amide bonds. The van der Waals surface area contributed by atoms with E-state index in [0.29, 0.717) is 27.8 Å². The molecule has 7 aromatic rings. The van der Waals surface area contributed by atoms with E-state index in [1.807, 2.05) is 19.2 Å². The molecule has 0 aliphatic heterocycles. The molecule has 0 radical (unpaired) electrons. The number of hydrogen-bond acceptors (Lipinski definition) is 13. The van der Waals surface area contributed by atoms with E-state index < -0.39 is 45.4 Å². The minimum atomic E-state index is -4.59. The van der Waals surface area contributed by atoms with E-state index in [0.717, 1.165) is 50.4 Å². The van der Waals surface area contributed by atoms with Gasteiger partial charge in [0.05, 0.1) is 0 Å². The zero-order chi connectivity index (χ0) is 45.5. The van der Waals surface area contributed by atoms with Gasteiger partial charge >= 0.3 is 18.5 Å². The average Bonchev–Trinajstić information content (AvgIpc) is 3.98. The summed E-state index contributed by atoms with van der Waals surface area (Å²) in [5, 5.41) is 17.0. The number of halogens is 9. The number of rotatable bonds is 5. The van der Waals surface area contributed by atoms with Crippen molar-refractivity contribution >= 4 is 21.6 Å². The highest BCUT2D eigenvalue weighted by Gasteiger charge is 2.35. The van der Waals surface area contributed by atoms with Crippen LogP contribution in [0.25, 0.3) is 17.8 Å². The lowest BCUT2D eigenvalue weighted by atomic mass is 10.4. The SMILES string of the molecule is CSc1cc(C)nc(-n2ccc(C(F)(F)F)n2)n1.Cc1cc(C)nc(-n2ccc(C(F)(F)F)n2)n1.Cc1cc(S(C)(=O)=O)nc(-n2ccc(C(F)(F)F)n2)n1.Cc1ccn[nH]1. The Morgan fingerprint density at radius 2 is 0.934 bits per heavy atom. The molecular formula is C34H33F9N14O2S2. The summed E-state index contributed by atoms with van der Waals surface area (Å²) >= 11 is 1.39. The van der Waals surface area contributed by atoms with Crippen molar-refractivity contribution in [3.63, 3.8) is 0 Å². The smallest absolute Gasteiger partial charge is 0.283 e. The molecule has 0 aliphatic carbocycles. The Kier molecular flexibility index (Phi) is 14.8. The number of aromatic nitrogens is 14. The molecule has 0 bridgehead atoms. The monoisotopic (exact) mass is 904 g/mol. The molecule has 61 heavy (non-hydrogen) atoms. The second kappa shape index (κ2) is 19.0. The third-order valence-corrected chi connectivity index (χ3v) is 8.69. The lowest BCUT2D eigenvalue weighted by molar-refractivity contribution is -0.142. The molecule has 7 heterocycles.